The van der Waals surface area contributed by atoms with E-state index in [1.54, 1.807) is 0 Å². The number of carbonyl (C=O) groups excluding carboxylic acids is 2. The molecular formula is C26H29N3O2. The van der Waals surface area contributed by atoms with E-state index in [9.17, 15) is 9.59 Å². The van der Waals surface area contributed by atoms with Crippen molar-refractivity contribution < 1.29 is 9.59 Å². The van der Waals surface area contributed by atoms with E-state index in [1.807, 2.05) is 74.5 Å². The number of para-hydroxylation sites is 1. The van der Waals surface area contributed by atoms with Crippen LogP contribution in [0.4, 0.5) is 11.4 Å². The standard InChI is InChI=1S/C26H29N3O2/c1-18-7-5-8-19(2)26(18)28-25(31)17-29(21-13-14-21)16-15-24(30)27-23-12-6-10-20-9-3-4-11-22(20)23/h3-12,21H,13-17H2,1-2H3,(H,27,30)(H,28,31). The predicted octanol–water partition coefficient (Wildman–Crippen LogP) is 4.89. The van der Waals surface area contributed by atoms with Crippen LogP contribution in [0.5, 0.6) is 0 Å². The van der Waals surface area contributed by atoms with Crippen molar-refractivity contribution in [1.29, 1.82) is 0 Å². The molecule has 3 aromatic rings. The van der Waals surface area contributed by atoms with Crippen LogP contribution in [0.25, 0.3) is 10.8 Å². The van der Waals surface area contributed by atoms with Gasteiger partial charge in [-0.05, 0) is 49.3 Å². The number of aryl methyl sites for hydroxylation is 2. The van der Waals surface area contributed by atoms with E-state index >= 15 is 0 Å². The van der Waals surface area contributed by atoms with Crippen LogP contribution in [0.15, 0.2) is 60.7 Å². The van der Waals surface area contributed by atoms with Gasteiger partial charge in [0.1, 0.15) is 0 Å². The van der Waals surface area contributed by atoms with Gasteiger partial charge >= 0.3 is 0 Å². The smallest absolute Gasteiger partial charge is 0.238 e. The minimum atomic E-state index is -0.0304. The molecule has 0 spiro atoms. The SMILES string of the molecule is Cc1cccc(C)c1NC(=O)CN(CCC(=O)Nc1cccc2ccccc12)C1CC1. The fourth-order valence-corrected chi connectivity index (χ4v) is 4.00. The van der Waals surface area contributed by atoms with E-state index in [1.165, 1.54) is 0 Å². The Balaban J connectivity index is 1.34. The summed E-state index contributed by atoms with van der Waals surface area (Å²) in [6, 6.07) is 20.3. The molecule has 2 N–H and O–H groups in total. The van der Waals surface area contributed by atoms with Crippen LogP contribution in [0.1, 0.15) is 30.4 Å². The molecule has 0 aromatic heterocycles. The zero-order valence-corrected chi connectivity index (χ0v) is 18.2. The first kappa shape index (κ1) is 21.1. The van der Waals surface area contributed by atoms with Crippen LogP contribution < -0.4 is 10.6 Å². The zero-order valence-electron chi connectivity index (χ0n) is 18.2. The van der Waals surface area contributed by atoms with Crippen molar-refractivity contribution in [3.8, 4) is 0 Å². The molecule has 3 aromatic carbocycles. The van der Waals surface area contributed by atoms with Crippen LogP contribution >= 0.6 is 0 Å². The average molecular weight is 416 g/mol. The Kier molecular flexibility index (Phi) is 6.33. The monoisotopic (exact) mass is 415 g/mol. The first-order chi connectivity index (χ1) is 15.0. The van der Waals surface area contributed by atoms with Crippen molar-refractivity contribution in [2.75, 3.05) is 23.7 Å². The lowest BCUT2D eigenvalue weighted by atomic mass is 10.1. The first-order valence-electron chi connectivity index (χ1n) is 10.9. The molecule has 0 unspecified atom stereocenters. The van der Waals surface area contributed by atoms with Crippen molar-refractivity contribution in [3.05, 3.63) is 71.8 Å². The number of hydrogen-bond donors (Lipinski definition) is 2. The lowest BCUT2D eigenvalue weighted by Gasteiger charge is -2.22. The Morgan fingerprint density at radius 2 is 1.55 bits per heavy atom. The molecule has 5 nitrogen and oxygen atoms in total. The quantitative estimate of drug-likeness (QED) is 0.551. The van der Waals surface area contributed by atoms with Gasteiger partial charge in [0, 0.05) is 35.8 Å². The number of rotatable bonds is 8. The minimum Gasteiger partial charge on any atom is -0.325 e. The Morgan fingerprint density at radius 3 is 2.29 bits per heavy atom. The Morgan fingerprint density at radius 1 is 0.871 bits per heavy atom. The van der Waals surface area contributed by atoms with Crippen LogP contribution in [0, 0.1) is 13.8 Å². The maximum Gasteiger partial charge on any atom is 0.238 e. The molecule has 1 aliphatic carbocycles. The van der Waals surface area contributed by atoms with Crippen LogP contribution in [-0.4, -0.2) is 35.8 Å². The van der Waals surface area contributed by atoms with Crippen molar-refractivity contribution in [1.82, 2.24) is 4.90 Å². The van der Waals surface area contributed by atoms with Crippen LogP contribution in [0.3, 0.4) is 0 Å². The van der Waals surface area contributed by atoms with Crippen molar-refractivity contribution in [2.45, 2.75) is 39.2 Å². The van der Waals surface area contributed by atoms with Gasteiger partial charge in [-0.25, -0.2) is 0 Å². The third-order valence-electron chi connectivity index (χ3n) is 5.85. The van der Waals surface area contributed by atoms with E-state index in [-0.39, 0.29) is 11.8 Å². The molecule has 0 radical (unpaired) electrons. The topological polar surface area (TPSA) is 61.4 Å². The maximum absolute atomic E-state index is 12.7. The van der Waals surface area contributed by atoms with Gasteiger partial charge in [0.15, 0.2) is 0 Å². The summed E-state index contributed by atoms with van der Waals surface area (Å²) in [7, 11) is 0. The van der Waals surface area contributed by atoms with Gasteiger partial charge in [0.05, 0.1) is 6.54 Å². The third kappa shape index (κ3) is 5.30. The lowest BCUT2D eigenvalue weighted by molar-refractivity contribution is -0.119. The molecule has 1 fully saturated rings. The second-order valence-corrected chi connectivity index (χ2v) is 8.34. The molecule has 0 atom stereocenters. The van der Waals surface area contributed by atoms with E-state index in [0.717, 1.165) is 46.1 Å². The maximum atomic E-state index is 12.7. The summed E-state index contributed by atoms with van der Waals surface area (Å²) in [5.74, 6) is -0.0593. The number of amides is 2. The summed E-state index contributed by atoms with van der Waals surface area (Å²) in [6.45, 7) is 4.87. The molecule has 5 heteroatoms. The molecule has 1 aliphatic rings. The Labute approximate surface area is 183 Å². The normalized spacial score (nSPS) is 13.4. The van der Waals surface area contributed by atoms with Gasteiger partial charge in [-0.2, -0.15) is 0 Å². The van der Waals surface area contributed by atoms with Crippen molar-refractivity contribution in [2.24, 2.45) is 0 Å². The second-order valence-electron chi connectivity index (χ2n) is 8.34. The van der Waals surface area contributed by atoms with Gasteiger partial charge in [0.25, 0.3) is 0 Å². The molecule has 0 aliphatic heterocycles. The molecule has 0 heterocycles. The Bertz CT molecular complexity index is 1080. The van der Waals surface area contributed by atoms with Gasteiger partial charge < -0.3 is 10.6 Å². The van der Waals surface area contributed by atoms with Gasteiger partial charge in [-0.1, -0.05) is 54.6 Å². The summed E-state index contributed by atoms with van der Waals surface area (Å²) >= 11 is 0. The average Bonchev–Trinajstić information content (AvgIpc) is 3.59. The molecule has 1 saturated carbocycles. The van der Waals surface area contributed by atoms with Crippen LogP contribution in [0.2, 0.25) is 0 Å². The summed E-state index contributed by atoms with van der Waals surface area (Å²) < 4.78 is 0. The molecule has 4 rings (SSSR count). The zero-order chi connectivity index (χ0) is 21.8. The summed E-state index contributed by atoms with van der Waals surface area (Å²) in [4.78, 5) is 27.5. The van der Waals surface area contributed by atoms with E-state index in [2.05, 4.69) is 15.5 Å². The lowest BCUT2D eigenvalue weighted by Crippen LogP contribution is -2.37. The highest BCUT2D eigenvalue weighted by atomic mass is 16.2. The molecular weight excluding hydrogens is 386 g/mol. The number of nitrogens with zero attached hydrogens (tertiary/aromatic N) is 1. The van der Waals surface area contributed by atoms with Crippen molar-refractivity contribution >= 4 is 34.0 Å². The van der Waals surface area contributed by atoms with Crippen LogP contribution in [-0.2, 0) is 9.59 Å². The molecule has 160 valence electrons. The van der Waals surface area contributed by atoms with Gasteiger partial charge in [0.2, 0.25) is 11.8 Å². The van der Waals surface area contributed by atoms with Gasteiger partial charge in [-0.15, -0.1) is 0 Å². The van der Waals surface area contributed by atoms with E-state index in [0.29, 0.717) is 25.6 Å². The first-order valence-corrected chi connectivity index (χ1v) is 10.9. The number of anilines is 2. The summed E-state index contributed by atoms with van der Waals surface area (Å²) in [5, 5.41) is 8.23. The molecule has 31 heavy (non-hydrogen) atoms. The third-order valence-corrected chi connectivity index (χ3v) is 5.85. The number of nitrogens with one attached hydrogen (secondary N) is 2. The number of carbonyl (C=O) groups is 2. The fourth-order valence-electron chi connectivity index (χ4n) is 4.00. The highest BCUT2D eigenvalue weighted by molar-refractivity contribution is 6.02. The predicted molar refractivity (Wildman–Crippen MR) is 126 cm³/mol. The summed E-state index contributed by atoms with van der Waals surface area (Å²) in [6.07, 6.45) is 2.53. The van der Waals surface area contributed by atoms with E-state index in [4.69, 9.17) is 0 Å². The Hall–Kier alpha value is -3.18. The second kappa shape index (κ2) is 9.31. The number of benzene rings is 3. The number of hydrogen-bond acceptors (Lipinski definition) is 3. The van der Waals surface area contributed by atoms with Crippen molar-refractivity contribution in [3.63, 3.8) is 0 Å². The molecule has 0 saturated heterocycles. The van der Waals surface area contributed by atoms with E-state index < -0.39 is 0 Å². The highest BCUT2D eigenvalue weighted by Gasteiger charge is 2.30. The largest absolute Gasteiger partial charge is 0.325 e. The molecule has 2 amide bonds. The molecule has 0 bridgehead atoms. The highest BCUT2D eigenvalue weighted by Crippen LogP contribution is 2.28. The number of fused-ring (bicyclic) bond motifs is 1. The summed E-state index contributed by atoms with van der Waals surface area (Å²) in [5.41, 5.74) is 3.83. The fraction of sp³-hybridized carbons (Fsp3) is 0.308. The van der Waals surface area contributed by atoms with Gasteiger partial charge in [-0.3, -0.25) is 14.5 Å². The minimum absolute atomic E-state index is 0.0289.